The molecule has 0 radical (unpaired) electrons. The molecule has 7 nitrogen and oxygen atoms in total. The number of benzene rings is 3. The van der Waals surface area contributed by atoms with E-state index in [1.54, 1.807) is 6.07 Å². The van der Waals surface area contributed by atoms with Gasteiger partial charge in [0, 0.05) is 17.1 Å². The number of carbonyl (C=O) groups excluding carboxylic acids is 3. The smallest absolute Gasteiger partial charge is 0.211 e. The summed E-state index contributed by atoms with van der Waals surface area (Å²) in [6.45, 7) is 16.5. The van der Waals surface area contributed by atoms with Gasteiger partial charge in [0.05, 0.1) is 6.10 Å². The Labute approximate surface area is 259 Å². The first-order valence-electron chi connectivity index (χ1n) is 14.7. The van der Waals surface area contributed by atoms with E-state index in [2.05, 4.69) is 67.9 Å². The molecule has 0 heterocycles. The van der Waals surface area contributed by atoms with Gasteiger partial charge in [-0.15, -0.1) is 0 Å². The van der Waals surface area contributed by atoms with Crippen LogP contribution >= 0.6 is 0 Å². The Morgan fingerprint density at radius 2 is 0.884 bits per heavy atom. The molecule has 3 amide bonds. The Bertz CT molecular complexity index is 1120. The van der Waals surface area contributed by atoms with Crippen molar-refractivity contribution >= 4 is 36.3 Å². The van der Waals surface area contributed by atoms with E-state index in [-0.39, 0.29) is 7.43 Å². The van der Waals surface area contributed by atoms with Crippen LogP contribution in [0, 0.1) is 20.8 Å². The summed E-state index contributed by atoms with van der Waals surface area (Å²) in [5.74, 6) is 1.09. The Morgan fingerprint density at radius 1 is 0.581 bits per heavy atom. The summed E-state index contributed by atoms with van der Waals surface area (Å²) >= 11 is 0. The Hall–Kier alpha value is -3.97. The summed E-state index contributed by atoms with van der Waals surface area (Å²) in [5, 5.41) is 17.6. The summed E-state index contributed by atoms with van der Waals surface area (Å²) in [5.41, 5.74) is 9.17. The largest absolute Gasteiger partial charge is 0.388 e. The number of anilines is 3. The molecule has 0 aliphatic heterocycles. The Morgan fingerprint density at radius 3 is 1.16 bits per heavy atom. The number of hydrogen-bond donors (Lipinski definition) is 4. The molecule has 0 fully saturated rings. The van der Waals surface area contributed by atoms with Crippen LogP contribution in [0.3, 0.4) is 0 Å². The topological polar surface area (TPSA) is 108 Å². The average Bonchev–Trinajstić information content (AvgIpc) is 3.00. The van der Waals surface area contributed by atoms with Crippen molar-refractivity contribution in [2.75, 3.05) is 16.0 Å². The third kappa shape index (κ3) is 12.8. The van der Waals surface area contributed by atoms with Gasteiger partial charge in [0.1, 0.15) is 0 Å². The van der Waals surface area contributed by atoms with E-state index in [0.717, 1.165) is 65.0 Å². The number of carbonyl (C=O) groups is 3. The summed E-state index contributed by atoms with van der Waals surface area (Å²) in [6, 6.07) is 18.0. The molecule has 4 N–H and O–H groups in total. The zero-order valence-corrected chi connectivity index (χ0v) is 26.5. The van der Waals surface area contributed by atoms with Crippen LogP contribution in [-0.4, -0.2) is 24.3 Å². The van der Waals surface area contributed by atoms with Gasteiger partial charge >= 0.3 is 0 Å². The van der Waals surface area contributed by atoms with Crippen molar-refractivity contribution in [1.82, 2.24) is 0 Å². The van der Waals surface area contributed by atoms with Crippen molar-refractivity contribution in [3.8, 4) is 0 Å². The van der Waals surface area contributed by atoms with Gasteiger partial charge in [-0.25, -0.2) is 0 Å². The molecule has 43 heavy (non-hydrogen) atoms. The molecule has 0 bridgehead atoms. The number of hydrogen-bond acceptors (Lipinski definition) is 4. The van der Waals surface area contributed by atoms with E-state index in [1.807, 2.05) is 52.0 Å². The fourth-order valence-corrected chi connectivity index (χ4v) is 4.10. The molecule has 0 spiro atoms. The number of aliphatic hydroxyl groups excluding tert-OH is 1. The quantitative estimate of drug-likeness (QED) is 0.158. The molecule has 7 heteroatoms. The highest BCUT2D eigenvalue weighted by atomic mass is 16.3. The third-order valence-electron chi connectivity index (χ3n) is 7.56. The molecule has 0 saturated heterocycles. The monoisotopic (exact) mass is 591 g/mol. The lowest BCUT2D eigenvalue weighted by atomic mass is 9.97. The van der Waals surface area contributed by atoms with Crippen molar-refractivity contribution in [1.29, 1.82) is 0 Å². The maximum atomic E-state index is 10.4. The van der Waals surface area contributed by atoms with Crippen LogP contribution in [0.4, 0.5) is 17.1 Å². The summed E-state index contributed by atoms with van der Waals surface area (Å²) < 4.78 is 0. The van der Waals surface area contributed by atoms with Crippen LogP contribution in [0.25, 0.3) is 0 Å². The van der Waals surface area contributed by atoms with Gasteiger partial charge < -0.3 is 21.1 Å². The van der Waals surface area contributed by atoms with Crippen molar-refractivity contribution < 1.29 is 19.5 Å². The molecular weight excluding hydrogens is 538 g/mol. The van der Waals surface area contributed by atoms with Gasteiger partial charge in [0.15, 0.2) is 0 Å². The van der Waals surface area contributed by atoms with Gasteiger partial charge in [-0.3, -0.25) is 14.4 Å². The van der Waals surface area contributed by atoms with Gasteiger partial charge in [-0.2, -0.15) is 0 Å². The third-order valence-corrected chi connectivity index (χ3v) is 7.56. The van der Waals surface area contributed by atoms with Crippen LogP contribution in [0.2, 0.25) is 0 Å². The number of nitrogens with one attached hydrogen (secondary N) is 3. The number of amides is 3. The zero-order valence-electron chi connectivity index (χ0n) is 26.5. The normalized spacial score (nSPS) is 11.9. The maximum Gasteiger partial charge on any atom is 0.211 e. The molecule has 236 valence electrons. The fourth-order valence-electron chi connectivity index (χ4n) is 4.10. The first-order chi connectivity index (χ1) is 20.1. The standard InChI is InChI=1S/2C12H17NO.C11H15NO2.CH4/c2*1-4-9(2)11-6-5-10(3)12(7-11)13-8-14;1-3-11(14)9-5-4-8(2)10(6-9)12-7-13;/h2*5-9H,4H2,1-3H3,(H,13,14);4-7,11,14H,3H2,1-2H3,(H,12,13);1H4. The van der Waals surface area contributed by atoms with Gasteiger partial charge in [0.25, 0.3) is 0 Å². The van der Waals surface area contributed by atoms with Gasteiger partial charge in [0.2, 0.25) is 19.2 Å². The van der Waals surface area contributed by atoms with Gasteiger partial charge in [-0.1, -0.05) is 78.4 Å². The van der Waals surface area contributed by atoms with Crippen molar-refractivity contribution in [3.63, 3.8) is 0 Å². The minimum absolute atomic E-state index is 0. The number of rotatable bonds is 12. The average molecular weight is 592 g/mol. The Kier molecular flexibility index (Phi) is 18.9. The highest BCUT2D eigenvalue weighted by molar-refractivity contribution is 5.75. The Balaban J connectivity index is 0.000000608. The summed E-state index contributed by atoms with van der Waals surface area (Å²) in [7, 11) is 0. The minimum atomic E-state index is -0.456. The van der Waals surface area contributed by atoms with Crippen LogP contribution < -0.4 is 16.0 Å². The van der Waals surface area contributed by atoms with Crippen LogP contribution in [0.15, 0.2) is 54.6 Å². The predicted octanol–water partition coefficient (Wildman–Crippen LogP) is 8.80. The van der Waals surface area contributed by atoms with E-state index in [1.165, 1.54) is 11.1 Å². The second-order valence-corrected chi connectivity index (χ2v) is 10.6. The van der Waals surface area contributed by atoms with Crippen LogP contribution in [0.5, 0.6) is 0 Å². The van der Waals surface area contributed by atoms with E-state index < -0.39 is 6.10 Å². The lowest BCUT2D eigenvalue weighted by Gasteiger charge is -2.12. The molecule has 3 aromatic carbocycles. The molecule has 3 unspecified atom stereocenters. The molecule has 0 aromatic heterocycles. The van der Waals surface area contributed by atoms with Crippen molar-refractivity contribution in [2.24, 2.45) is 0 Å². The van der Waals surface area contributed by atoms with E-state index >= 15 is 0 Å². The molecular formula is C36H53N3O4. The molecule has 0 aliphatic carbocycles. The molecule has 3 atom stereocenters. The predicted molar refractivity (Wildman–Crippen MR) is 182 cm³/mol. The van der Waals surface area contributed by atoms with Crippen LogP contribution in [0.1, 0.15) is 113 Å². The molecule has 3 rings (SSSR count). The molecule has 0 aliphatic rings. The molecule has 0 saturated carbocycles. The number of aryl methyl sites for hydroxylation is 3. The van der Waals surface area contributed by atoms with Crippen molar-refractivity contribution in [3.05, 3.63) is 88.0 Å². The second-order valence-electron chi connectivity index (χ2n) is 10.6. The van der Waals surface area contributed by atoms with Gasteiger partial charge in [-0.05, 0) is 103 Å². The summed E-state index contributed by atoms with van der Waals surface area (Å²) in [4.78, 5) is 31.0. The lowest BCUT2D eigenvalue weighted by Crippen LogP contribution is -2.00. The van der Waals surface area contributed by atoms with E-state index in [9.17, 15) is 19.5 Å². The first-order valence-corrected chi connectivity index (χ1v) is 14.7. The van der Waals surface area contributed by atoms with Crippen molar-refractivity contribution in [2.45, 2.75) is 100 Å². The highest BCUT2D eigenvalue weighted by Gasteiger charge is 2.07. The SMILES string of the molecule is C.CCC(C)c1ccc(C)c(NC=O)c1.CCC(C)c1ccc(C)c(NC=O)c1.CCC(O)c1ccc(C)c(NC=O)c1. The number of aliphatic hydroxyl groups is 1. The fraction of sp³-hybridized carbons (Fsp3) is 0.417. The molecule has 3 aromatic rings. The summed E-state index contributed by atoms with van der Waals surface area (Å²) in [6.07, 6.45) is 4.54. The first kappa shape index (κ1) is 39.0. The zero-order chi connectivity index (χ0) is 31.7. The van der Waals surface area contributed by atoms with E-state index in [4.69, 9.17) is 0 Å². The second kappa shape index (κ2) is 20.8. The lowest BCUT2D eigenvalue weighted by molar-refractivity contribution is -0.106. The van der Waals surface area contributed by atoms with E-state index in [0.29, 0.717) is 24.7 Å². The highest BCUT2D eigenvalue weighted by Crippen LogP contribution is 2.25. The minimum Gasteiger partial charge on any atom is -0.388 e. The van der Waals surface area contributed by atoms with Crippen LogP contribution in [-0.2, 0) is 14.4 Å². The maximum absolute atomic E-state index is 10.4.